The van der Waals surface area contributed by atoms with Crippen molar-refractivity contribution in [3.63, 3.8) is 0 Å². The van der Waals surface area contributed by atoms with Gasteiger partial charge >= 0.3 is 0 Å². The van der Waals surface area contributed by atoms with E-state index in [-0.39, 0.29) is 12.6 Å². The Morgan fingerprint density at radius 1 is 1.23 bits per heavy atom. The third-order valence-electron chi connectivity index (χ3n) is 2.47. The van der Waals surface area contributed by atoms with Gasteiger partial charge in [0.05, 0.1) is 6.61 Å². The van der Waals surface area contributed by atoms with Gasteiger partial charge in [0.15, 0.2) is 0 Å². The van der Waals surface area contributed by atoms with E-state index in [2.05, 4.69) is 26.1 Å². The highest BCUT2D eigenvalue weighted by atomic mass is 16.3. The van der Waals surface area contributed by atoms with Crippen LogP contribution in [0.25, 0.3) is 0 Å². The lowest BCUT2D eigenvalue weighted by atomic mass is 10.1. The number of rotatable bonds is 8. The van der Waals surface area contributed by atoms with Crippen molar-refractivity contribution in [3.05, 3.63) is 0 Å². The molecule has 0 fully saturated rings. The molecule has 0 heterocycles. The van der Waals surface area contributed by atoms with Gasteiger partial charge in [-0.1, -0.05) is 33.1 Å². The fraction of sp³-hybridized carbons (Fsp3) is 1.00. The van der Waals surface area contributed by atoms with Crippen LogP contribution in [0.5, 0.6) is 0 Å². The highest BCUT2D eigenvalue weighted by molar-refractivity contribution is 4.69. The van der Waals surface area contributed by atoms with Crippen molar-refractivity contribution in [3.8, 4) is 0 Å². The van der Waals surface area contributed by atoms with Crippen LogP contribution in [-0.4, -0.2) is 23.8 Å². The van der Waals surface area contributed by atoms with E-state index in [0.29, 0.717) is 6.04 Å². The van der Waals surface area contributed by atoms with Gasteiger partial charge in [-0.2, -0.15) is 0 Å². The molecule has 0 spiro atoms. The van der Waals surface area contributed by atoms with E-state index < -0.39 is 0 Å². The van der Waals surface area contributed by atoms with Gasteiger partial charge in [0.1, 0.15) is 0 Å². The second kappa shape index (κ2) is 8.52. The summed E-state index contributed by atoms with van der Waals surface area (Å²) in [6.07, 6.45) is 6.14. The van der Waals surface area contributed by atoms with Crippen LogP contribution in [0.2, 0.25) is 0 Å². The molecule has 2 N–H and O–H groups in total. The SMILES string of the molecule is CCCCCC(C)NC(CC)CO. The van der Waals surface area contributed by atoms with E-state index in [1.165, 1.54) is 25.7 Å². The lowest BCUT2D eigenvalue weighted by molar-refractivity contribution is 0.227. The van der Waals surface area contributed by atoms with E-state index >= 15 is 0 Å². The predicted molar refractivity (Wildman–Crippen MR) is 57.9 cm³/mol. The van der Waals surface area contributed by atoms with Crippen molar-refractivity contribution < 1.29 is 5.11 Å². The van der Waals surface area contributed by atoms with Crippen LogP contribution in [-0.2, 0) is 0 Å². The van der Waals surface area contributed by atoms with Crippen LogP contribution < -0.4 is 5.32 Å². The maximum atomic E-state index is 8.98. The second-order valence-corrected chi connectivity index (χ2v) is 3.85. The second-order valence-electron chi connectivity index (χ2n) is 3.85. The first-order valence-corrected chi connectivity index (χ1v) is 5.61. The van der Waals surface area contributed by atoms with Crippen LogP contribution in [0.3, 0.4) is 0 Å². The normalized spacial score (nSPS) is 15.7. The average molecular weight is 187 g/mol. The number of aliphatic hydroxyl groups excluding tert-OH is 1. The van der Waals surface area contributed by atoms with Crippen molar-refractivity contribution in [2.45, 2.75) is 65.0 Å². The van der Waals surface area contributed by atoms with E-state index in [1.807, 2.05) is 0 Å². The first kappa shape index (κ1) is 12.9. The van der Waals surface area contributed by atoms with Crippen LogP contribution >= 0.6 is 0 Å². The van der Waals surface area contributed by atoms with Gasteiger partial charge in [0, 0.05) is 12.1 Å². The number of unbranched alkanes of at least 4 members (excludes halogenated alkanes) is 2. The fourth-order valence-corrected chi connectivity index (χ4v) is 1.49. The molecule has 0 aliphatic rings. The first-order chi connectivity index (χ1) is 6.24. The number of hydrogen-bond donors (Lipinski definition) is 2. The summed E-state index contributed by atoms with van der Waals surface area (Å²) in [5, 5.41) is 12.4. The summed E-state index contributed by atoms with van der Waals surface area (Å²) in [5.41, 5.74) is 0. The summed E-state index contributed by atoms with van der Waals surface area (Å²) in [4.78, 5) is 0. The Morgan fingerprint density at radius 2 is 1.92 bits per heavy atom. The Kier molecular flexibility index (Phi) is 8.46. The molecule has 0 aromatic rings. The lowest BCUT2D eigenvalue weighted by Crippen LogP contribution is -2.38. The lowest BCUT2D eigenvalue weighted by Gasteiger charge is -2.20. The molecule has 0 saturated carbocycles. The average Bonchev–Trinajstić information content (AvgIpc) is 2.14. The quantitative estimate of drug-likeness (QED) is 0.572. The van der Waals surface area contributed by atoms with Crippen LogP contribution in [0.4, 0.5) is 0 Å². The molecule has 0 aliphatic heterocycles. The largest absolute Gasteiger partial charge is 0.395 e. The number of nitrogens with one attached hydrogen (secondary N) is 1. The van der Waals surface area contributed by atoms with E-state index in [1.54, 1.807) is 0 Å². The van der Waals surface area contributed by atoms with Gasteiger partial charge in [-0.15, -0.1) is 0 Å². The first-order valence-electron chi connectivity index (χ1n) is 5.61. The third kappa shape index (κ3) is 7.03. The van der Waals surface area contributed by atoms with E-state index in [9.17, 15) is 0 Å². The summed E-state index contributed by atoms with van der Waals surface area (Å²) in [5.74, 6) is 0. The van der Waals surface area contributed by atoms with E-state index in [0.717, 1.165) is 6.42 Å². The minimum atomic E-state index is 0.259. The molecule has 0 radical (unpaired) electrons. The Labute approximate surface area is 82.7 Å². The van der Waals surface area contributed by atoms with Crippen molar-refractivity contribution in [1.82, 2.24) is 5.32 Å². The third-order valence-corrected chi connectivity index (χ3v) is 2.47. The Bertz CT molecular complexity index is 102. The zero-order valence-electron chi connectivity index (χ0n) is 9.34. The van der Waals surface area contributed by atoms with Crippen molar-refractivity contribution in [1.29, 1.82) is 0 Å². The minimum Gasteiger partial charge on any atom is -0.395 e. The van der Waals surface area contributed by atoms with Crippen molar-refractivity contribution >= 4 is 0 Å². The molecular formula is C11H25NO. The molecule has 80 valence electrons. The van der Waals surface area contributed by atoms with Crippen molar-refractivity contribution in [2.75, 3.05) is 6.61 Å². The summed E-state index contributed by atoms with van der Waals surface area (Å²) >= 11 is 0. The number of hydrogen-bond acceptors (Lipinski definition) is 2. The molecule has 2 atom stereocenters. The Balaban J connectivity index is 3.42. The highest BCUT2D eigenvalue weighted by Crippen LogP contribution is 2.04. The molecule has 0 rings (SSSR count). The van der Waals surface area contributed by atoms with Gasteiger partial charge in [-0.25, -0.2) is 0 Å². The molecule has 2 heteroatoms. The molecule has 0 saturated heterocycles. The smallest absolute Gasteiger partial charge is 0.0584 e. The standard InChI is InChI=1S/C11H25NO/c1-4-6-7-8-10(3)12-11(5-2)9-13/h10-13H,4-9H2,1-3H3. The van der Waals surface area contributed by atoms with Crippen LogP contribution in [0.1, 0.15) is 52.9 Å². The maximum absolute atomic E-state index is 8.98. The summed E-state index contributed by atoms with van der Waals surface area (Å²) in [6, 6.07) is 0.834. The zero-order valence-corrected chi connectivity index (χ0v) is 9.34. The molecular weight excluding hydrogens is 162 g/mol. The summed E-state index contributed by atoms with van der Waals surface area (Å²) < 4.78 is 0. The molecule has 0 aromatic carbocycles. The molecule has 13 heavy (non-hydrogen) atoms. The fourth-order valence-electron chi connectivity index (χ4n) is 1.49. The summed E-state index contributed by atoms with van der Waals surface area (Å²) in [7, 11) is 0. The monoisotopic (exact) mass is 187 g/mol. The molecule has 0 aliphatic carbocycles. The molecule has 0 amide bonds. The van der Waals surface area contributed by atoms with Gasteiger partial charge < -0.3 is 10.4 Å². The molecule has 2 nitrogen and oxygen atoms in total. The van der Waals surface area contributed by atoms with Crippen molar-refractivity contribution in [2.24, 2.45) is 0 Å². The van der Waals surface area contributed by atoms with Gasteiger partial charge in [-0.3, -0.25) is 0 Å². The topological polar surface area (TPSA) is 32.3 Å². The number of aliphatic hydroxyl groups is 1. The molecule has 0 bridgehead atoms. The summed E-state index contributed by atoms with van der Waals surface area (Å²) in [6.45, 7) is 6.79. The minimum absolute atomic E-state index is 0.259. The predicted octanol–water partition coefficient (Wildman–Crippen LogP) is 2.32. The van der Waals surface area contributed by atoms with Crippen LogP contribution in [0.15, 0.2) is 0 Å². The van der Waals surface area contributed by atoms with Gasteiger partial charge in [-0.05, 0) is 19.8 Å². The van der Waals surface area contributed by atoms with Gasteiger partial charge in [0.25, 0.3) is 0 Å². The highest BCUT2D eigenvalue weighted by Gasteiger charge is 2.07. The Morgan fingerprint density at radius 3 is 2.38 bits per heavy atom. The molecule has 2 unspecified atom stereocenters. The van der Waals surface area contributed by atoms with E-state index in [4.69, 9.17) is 5.11 Å². The Hall–Kier alpha value is -0.0800. The maximum Gasteiger partial charge on any atom is 0.0584 e. The van der Waals surface area contributed by atoms with Crippen LogP contribution in [0, 0.1) is 0 Å². The molecule has 0 aromatic heterocycles. The van der Waals surface area contributed by atoms with Gasteiger partial charge in [0.2, 0.25) is 0 Å². The zero-order chi connectivity index (χ0) is 10.1.